The topological polar surface area (TPSA) is 84.8 Å². The highest BCUT2D eigenvalue weighted by atomic mass is 32.1. The average Bonchev–Trinajstić information content (AvgIpc) is 3.09. The maximum absolute atomic E-state index is 9.39. The van der Waals surface area contributed by atoms with Gasteiger partial charge in [0.2, 0.25) is 0 Å². The third kappa shape index (κ3) is 6.63. The number of hydrogen-bond acceptors (Lipinski definition) is 7. The summed E-state index contributed by atoms with van der Waals surface area (Å²) in [5.41, 5.74) is 4.02. The van der Waals surface area contributed by atoms with Crippen LogP contribution in [0.3, 0.4) is 0 Å². The van der Waals surface area contributed by atoms with E-state index in [-0.39, 0.29) is 6.10 Å². The molecule has 1 aromatic heterocycles. The van der Waals surface area contributed by atoms with Crippen LogP contribution in [0.15, 0.2) is 28.4 Å². The summed E-state index contributed by atoms with van der Waals surface area (Å²) < 4.78 is 5.90. The Kier molecular flexibility index (Phi) is 9.84. The molecule has 2 aromatic rings. The van der Waals surface area contributed by atoms with Gasteiger partial charge in [-0.3, -0.25) is 0 Å². The van der Waals surface area contributed by atoms with Gasteiger partial charge in [-0.25, -0.2) is 0 Å². The van der Waals surface area contributed by atoms with E-state index in [2.05, 4.69) is 67.1 Å². The van der Waals surface area contributed by atoms with Crippen molar-refractivity contribution in [2.24, 2.45) is 16.1 Å². The maximum Gasteiger partial charge on any atom is 0.158 e. The van der Waals surface area contributed by atoms with Crippen LogP contribution in [0.2, 0.25) is 0 Å². The summed E-state index contributed by atoms with van der Waals surface area (Å²) in [7, 11) is 0. The van der Waals surface area contributed by atoms with Crippen LogP contribution in [0.25, 0.3) is 0 Å². The van der Waals surface area contributed by atoms with E-state index in [0.717, 1.165) is 49.5 Å². The van der Waals surface area contributed by atoms with Gasteiger partial charge in [0.25, 0.3) is 0 Å². The summed E-state index contributed by atoms with van der Waals surface area (Å²) in [6.07, 6.45) is 2.53. The highest BCUT2D eigenvalue weighted by Crippen LogP contribution is 2.36. The molecular formula is C25H33N5OS. The van der Waals surface area contributed by atoms with Gasteiger partial charge < -0.3 is 9.64 Å². The van der Waals surface area contributed by atoms with Gasteiger partial charge in [0.15, 0.2) is 5.00 Å². The minimum atomic E-state index is 0.245. The van der Waals surface area contributed by atoms with Crippen molar-refractivity contribution in [2.75, 3.05) is 24.6 Å². The minimum Gasteiger partial charge on any atom is -0.378 e. The Morgan fingerprint density at radius 1 is 1.12 bits per heavy atom. The number of rotatable bonds is 11. The van der Waals surface area contributed by atoms with E-state index in [9.17, 15) is 10.5 Å². The van der Waals surface area contributed by atoms with Crippen LogP contribution in [0.1, 0.15) is 62.1 Å². The summed E-state index contributed by atoms with van der Waals surface area (Å²) >= 11 is 1.20. The predicted molar refractivity (Wildman–Crippen MR) is 131 cm³/mol. The fourth-order valence-electron chi connectivity index (χ4n) is 3.55. The van der Waals surface area contributed by atoms with Crippen LogP contribution >= 0.6 is 11.3 Å². The van der Waals surface area contributed by atoms with Crippen molar-refractivity contribution < 1.29 is 4.74 Å². The van der Waals surface area contributed by atoms with E-state index in [1.165, 1.54) is 11.3 Å². The summed E-state index contributed by atoms with van der Waals surface area (Å²) in [6, 6.07) is 10.4. The molecule has 0 aliphatic heterocycles. The molecule has 2 rings (SSSR count). The van der Waals surface area contributed by atoms with Gasteiger partial charge in [0, 0.05) is 18.8 Å². The molecule has 0 spiro atoms. The van der Waals surface area contributed by atoms with Gasteiger partial charge in [-0.2, -0.15) is 10.5 Å². The number of nitrogens with zero attached hydrogens (tertiary/aromatic N) is 5. The third-order valence-electron chi connectivity index (χ3n) is 5.36. The van der Waals surface area contributed by atoms with Crippen LogP contribution in [0.4, 0.5) is 16.4 Å². The third-order valence-corrected chi connectivity index (χ3v) is 6.44. The van der Waals surface area contributed by atoms with Crippen molar-refractivity contribution >= 4 is 27.7 Å². The van der Waals surface area contributed by atoms with E-state index in [1.54, 1.807) is 6.92 Å². The summed E-state index contributed by atoms with van der Waals surface area (Å²) in [5.74, 6) is 0.489. The Morgan fingerprint density at radius 2 is 1.88 bits per heavy atom. The highest BCUT2D eigenvalue weighted by molar-refractivity contribution is 7.16. The zero-order chi connectivity index (χ0) is 23.7. The minimum absolute atomic E-state index is 0.245. The molecule has 0 bridgehead atoms. The number of benzene rings is 1. The standard InChI is InChI=1S/C25H33N5OS/c1-7-9-20(16-31-17(3)4)15-30(8-2)21-10-11-23(18(5)12-21)28-29-25-22(13-26)19(6)24(14-27)32-25/h10-12,17,20H,7-9,15-16H2,1-6H3/b29-28+. The molecule has 0 fully saturated rings. The van der Waals surface area contributed by atoms with Crippen LogP contribution in [-0.2, 0) is 4.74 Å². The number of thiophene rings is 1. The molecule has 6 nitrogen and oxygen atoms in total. The quantitative estimate of drug-likeness (QED) is 0.338. The Balaban J connectivity index is 2.20. The van der Waals surface area contributed by atoms with E-state index in [1.807, 2.05) is 13.0 Å². The smallest absolute Gasteiger partial charge is 0.158 e. The fraction of sp³-hybridized carbons (Fsp3) is 0.520. The van der Waals surface area contributed by atoms with Gasteiger partial charge in [-0.15, -0.1) is 21.6 Å². The molecule has 1 atom stereocenters. The van der Waals surface area contributed by atoms with Gasteiger partial charge in [-0.1, -0.05) is 13.3 Å². The number of aryl methyl sites for hydroxylation is 1. The molecule has 170 valence electrons. The molecule has 0 aliphatic carbocycles. The lowest BCUT2D eigenvalue weighted by Gasteiger charge is -2.29. The SMILES string of the molecule is CCCC(COC(C)C)CN(CC)c1ccc(/N=N/c2sc(C#N)c(C)c2C#N)c(C)c1. The first kappa shape index (κ1) is 25.5. The molecule has 0 amide bonds. The predicted octanol–water partition coefficient (Wildman–Crippen LogP) is 7.19. The fourth-order valence-corrected chi connectivity index (χ4v) is 4.42. The number of azo groups is 1. The molecule has 0 radical (unpaired) electrons. The van der Waals surface area contributed by atoms with Crippen molar-refractivity contribution in [3.63, 3.8) is 0 Å². The lowest BCUT2D eigenvalue weighted by Crippen LogP contribution is -2.32. The summed E-state index contributed by atoms with van der Waals surface area (Å²) in [6.45, 7) is 15.0. The second kappa shape index (κ2) is 12.3. The van der Waals surface area contributed by atoms with Crippen LogP contribution in [0, 0.1) is 42.4 Å². The second-order valence-corrected chi connectivity index (χ2v) is 9.21. The van der Waals surface area contributed by atoms with E-state index in [0.29, 0.717) is 26.9 Å². The van der Waals surface area contributed by atoms with Gasteiger partial charge in [0.1, 0.15) is 17.0 Å². The zero-order valence-corrected chi connectivity index (χ0v) is 20.8. The molecule has 0 aliphatic rings. The molecule has 0 N–H and O–H groups in total. The number of anilines is 1. The lowest BCUT2D eigenvalue weighted by molar-refractivity contribution is 0.0504. The van der Waals surface area contributed by atoms with Crippen LogP contribution in [0.5, 0.6) is 0 Å². The highest BCUT2D eigenvalue weighted by Gasteiger charge is 2.16. The summed E-state index contributed by atoms with van der Waals surface area (Å²) in [4.78, 5) is 2.89. The van der Waals surface area contributed by atoms with E-state index in [4.69, 9.17) is 4.74 Å². The molecule has 0 saturated carbocycles. The van der Waals surface area contributed by atoms with Crippen molar-refractivity contribution in [1.82, 2.24) is 0 Å². The summed E-state index contributed by atoms with van der Waals surface area (Å²) in [5, 5.41) is 27.7. The van der Waals surface area contributed by atoms with Crippen molar-refractivity contribution in [2.45, 2.75) is 60.5 Å². The molecule has 1 aromatic carbocycles. The molecule has 1 unspecified atom stereocenters. The maximum atomic E-state index is 9.39. The van der Waals surface area contributed by atoms with Gasteiger partial charge in [-0.05, 0) is 76.3 Å². The van der Waals surface area contributed by atoms with E-state index < -0.39 is 0 Å². The van der Waals surface area contributed by atoms with Crippen molar-refractivity contribution in [3.8, 4) is 12.1 Å². The Labute approximate surface area is 196 Å². The normalized spacial score (nSPS) is 12.2. The monoisotopic (exact) mass is 451 g/mol. The lowest BCUT2D eigenvalue weighted by atomic mass is 10.0. The first-order valence-corrected chi connectivity index (χ1v) is 12.0. The molecule has 7 heteroatoms. The number of nitriles is 2. The molecule has 32 heavy (non-hydrogen) atoms. The van der Waals surface area contributed by atoms with Gasteiger partial charge in [0.05, 0.1) is 24.0 Å². The Hall–Kier alpha value is -2.74. The van der Waals surface area contributed by atoms with Crippen LogP contribution in [-0.4, -0.2) is 25.8 Å². The molecule has 0 saturated heterocycles. The first-order valence-electron chi connectivity index (χ1n) is 11.2. The molecular weight excluding hydrogens is 418 g/mol. The Bertz CT molecular complexity index is 1010. The second-order valence-electron chi connectivity index (χ2n) is 8.21. The number of hydrogen-bond donors (Lipinski definition) is 0. The van der Waals surface area contributed by atoms with Crippen molar-refractivity contribution in [3.05, 3.63) is 39.8 Å². The zero-order valence-electron chi connectivity index (χ0n) is 20.0. The average molecular weight is 452 g/mol. The van der Waals surface area contributed by atoms with E-state index >= 15 is 0 Å². The Morgan fingerprint density at radius 3 is 2.44 bits per heavy atom. The first-order chi connectivity index (χ1) is 15.3. The largest absolute Gasteiger partial charge is 0.378 e. The van der Waals surface area contributed by atoms with Crippen LogP contribution < -0.4 is 4.90 Å². The van der Waals surface area contributed by atoms with Gasteiger partial charge >= 0.3 is 0 Å². The van der Waals surface area contributed by atoms with Crippen molar-refractivity contribution in [1.29, 1.82) is 10.5 Å². The molecule has 1 heterocycles. The number of ether oxygens (including phenoxy) is 1.